The van der Waals surface area contributed by atoms with Crippen LogP contribution in [0.5, 0.6) is 0 Å². The number of benzene rings is 1. The van der Waals surface area contributed by atoms with Gasteiger partial charge in [-0.25, -0.2) is 0 Å². The lowest BCUT2D eigenvalue weighted by atomic mass is 9.47. The third-order valence-corrected chi connectivity index (χ3v) is 11.9. The molecule has 1 aromatic heterocycles. The minimum atomic E-state index is -0.135. The van der Waals surface area contributed by atoms with Crippen LogP contribution < -0.4 is 5.01 Å². The average molecular weight is 530 g/mol. The molecule has 4 nitrogen and oxygen atoms in total. The summed E-state index contributed by atoms with van der Waals surface area (Å²) in [6.07, 6.45) is 14.6. The maximum Gasteiger partial charge on any atom is 0.0999 e. The highest BCUT2D eigenvalue weighted by Gasteiger charge is 2.59. The summed E-state index contributed by atoms with van der Waals surface area (Å²) in [5, 5.41) is 18.6. The number of aliphatic hydroxyl groups is 1. The van der Waals surface area contributed by atoms with Crippen molar-refractivity contribution in [2.45, 2.75) is 83.8 Å². The molecule has 0 amide bonds. The molecule has 0 saturated heterocycles. The van der Waals surface area contributed by atoms with Crippen LogP contribution >= 0.6 is 11.6 Å². The lowest BCUT2D eigenvalue weighted by Gasteiger charge is -2.58. The molecule has 3 saturated carbocycles. The summed E-state index contributed by atoms with van der Waals surface area (Å²) in [5.74, 6) is 2.78. The van der Waals surface area contributed by atoms with E-state index >= 15 is 0 Å². The molecule has 2 heterocycles. The molecule has 2 aromatic rings. The lowest BCUT2D eigenvalue weighted by molar-refractivity contribution is -0.0424. The first-order chi connectivity index (χ1) is 18.4. The lowest BCUT2D eigenvalue weighted by Crippen LogP contribution is -2.51. The molecule has 5 heteroatoms. The molecule has 0 bridgehead atoms. The van der Waals surface area contributed by atoms with Crippen molar-refractivity contribution in [1.29, 1.82) is 0 Å². The highest BCUT2D eigenvalue weighted by atomic mass is 35.5. The first-order valence-electron chi connectivity index (χ1n) is 14.8. The number of rotatable bonds is 3. The second-order valence-corrected chi connectivity index (χ2v) is 13.6. The number of pyridine rings is 1. The van der Waals surface area contributed by atoms with Gasteiger partial charge in [0.15, 0.2) is 0 Å². The van der Waals surface area contributed by atoms with Crippen LogP contribution in [0.3, 0.4) is 0 Å². The first kappa shape index (κ1) is 24.8. The van der Waals surface area contributed by atoms with Gasteiger partial charge in [-0.05, 0) is 104 Å². The minimum Gasteiger partial charge on any atom is -0.393 e. The van der Waals surface area contributed by atoms with E-state index in [0.29, 0.717) is 11.3 Å². The van der Waals surface area contributed by atoms with Crippen LogP contribution in [-0.4, -0.2) is 21.9 Å². The molecule has 200 valence electrons. The van der Waals surface area contributed by atoms with E-state index in [9.17, 15) is 5.11 Å². The van der Waals surface area contributed by atoms with E-state index in [1.54, 1.807) is 5.57 Å². The number of anilines is 1. The van der Waals surface area contributed by atoms with Crippen LogP contribution in [0.15, 0.2) is 65.4 Å². The number of aromatic nitrogens is 1. The smallest absolute Gasteiger partial charge is 0.0999 e. The van der Waals surface area contributed by atoms with E-state index in [0.717, 1.165) is 59.8 Å². The van der Waals surface area contributed by atoms with Gasteiger partial charge in [-0.1, -0.05) is 55.3 Å². The van der Waals surface area contributed by atoms with Crippen molar-refractivity contribution in [3.8, 4) is 0 Å². The first-order valence-corrected chi connectivity index (χ1v) is 15.2. The number of hydrogen-bond acceptors (Lipinski definition) is 4. The quantitative estimate of drug-likeness (QED) is 0.410. The number of halogens is 1. The van der Waals surface area contributed by atoms with Crippen molar-refractivity contribution < 1.29 is 5.11 Å². The Balaban J connectivity index is 1.20. The summed E-state index contributed by atoms with van der Waals surface area (Å²) in [7, 11) is 0. The third-order valence-electron chi connectivity index (χ3n) is 11.5. The summed E-state index contributed by atoms with van der Waals surface area (Å²) in [4.78, 5) is 4.75. The topological polar surface area (TPSA) is 48.7 Å². The number of allylic oxidation sites excluding steroid dienone is 1. The third kappa shape index (κ3) is 3.73. The fourth-order valence-corrected chi connectivity index (χ4v) is 9.82. The highest BCUT2D eigenvalue weighted by molar-refractivity contribution is 6.33. The Morgan fingerprint density at radius 2 is 1.79 bits per heavy atom. The minimum absolute atomic E-state index is 0.0813. The van der Waals surface area contributed by atoms with E-state index < -0.39 is 0 Å². The molecule has 0 radical (unpaired) electrons. The van der Waals surface area contributed by atoms with Gasteiger partial charge in [0.1, 0.15) is 0 Å². The zero-order chi connectivity index (χ0) is 26.1. The molecular formula is C33H40ClN3O. The van der Waals surface area contributed by atoms with Crippen molar-refractivity contribution in [2.24, 2.45) is 39.6 Å². The van der Waals surface area contributed by atoms with E-state index in [4.69, 9.17) is 21.7 Å². The van der Waals surface area contributed by atoms with E-state index in [1.165, 1.54) is 37.8 Å². The molecule has 7 rings (SSSR count). The summed E-state index contributed by atoms with van der Waals surface area (Å²) in [6.45, 7) is 5.12. The molecule has 1 aliphatic heterocycles. The van der Waals surface area contributed by atoms with Crippen molar-refractivity contribution >= 4 is 23.0 Å². The number of aliphatic hydroxyl groups excluding tert-OH is 1. The van der Waals surface area contributed by atoms with E-state index in [-0.39, 0.29) is 17.6 Å². The van der Waals surface area contributed by atoms with Crippen LogP contribution in [0, 0.1) is 34.5 Å². The summed E-state index contributed by atoms with van der Waals surface area (Å²) in [6, 6.07) is 14.4. The van der Waals surface area contributed by atoms with Crippen molar-refractivity contribution in [3.05, 3.63) is 71.0 Å². The molecule has 8 atom stereocenters. The Hall–Kier alpha value is -2.17. The van der Waals surface area contributed by atoms with Gasteiger partial charge >= 0.3 is 0 Å². The maximum atomic E-state index is 10.4. The Kier molecular flexibility index (Phi) is 6.01. The van der Waals surface area contributed by atoms with Gasteiger partial charge in [0.25, 0.3) is 0 Å². The Bertz CT molecular complexity index is 1280. The maximum absolute atomic E-state index is 10.4. The van der Waals surface area contributed by atoms with Gasteiger partial charge in [0.2, 0.25) is 0 Å². The molecule has 1 N–H and O–H groups in total. The molecule has 1 unspecified atom stereocenters. The molecule has 0 spiro atoms. The second kappa shape index (κ2) is 9.20. The zero-order valence-electron chi connectivity index (χ0n) is 22.7. The number of para-hydroxylation sites is 1. The predicted molar refractivity (Wildman–Crippen MR) is 154 cm³/mol. The van der Waals surface area contributed by atoms with Crippen LogP contribution in [-0.2, 0) is 0 Å². The van der Waals surface area contributed by atoms with Crippen LogP contribution in [0.2, 0.25) is 5.02 Å². The van der Waals surface area contributed by atoms with Gasteiger partial charge in [0.05, 0.1) is 28.5 Å². The normalized spacial score (nSPS) is 40.2. The molecule has 38 heavy (non-hydrogen) atoms. The van der Waals surface area contributed by atoms with Crippen molar-refractivity contribution in [2.75, 3.05) is 5.01 Å². The van der Waals surface area contributed by atoms with Crippen LogP contribution in [0.25, 0.3) is 0 Å². The Morgan fingerprint density at radius 3 is 2.61 bits per heavy atom. The monoisotopic (exact) mass is 529 g/mol. The second-order valence-electron chi connectivity index (χ2n) is 13.2. The fraction of sp³-hybridized carbons (Fsp3) is 0.576. The number of fused-ring (bicyclic) bond motifs is 5. The van der Waals surface area contributed by atoms with Gasteiger partial charge in [-0.15, -0.1) is 0 Å². The zero-order valence-corrected chi connectivity index (χ0v) is 23.4. The van der Waals surface area contributed by atoms with Crippen molar-refractivity contribution in [1.82, 2.24) is 4.98 Å². The molecule has 5 aliphatic rings. The molecule has 4 aliphatic carbocycles. The van der Waals surface area contributed by atoms with Gasteiger partial charge in [-0.3, -0.25) is 9.99 Å². The highest BCUT2D eigenvalue weighted by Crippen LogP contribution is 2.67. The number of nitrogens with zero attached hydrogens (tertiary/aromatic N) is 3. The SMILES string of the molecule is C[C@]12CC[C@H]3[C@@H](CC=C4C[C@@H](O)CC[C@@]43C)[C@@H]1CC[C@@H]2C1=NN(c2ccccc2Cl)C(c2ccccn2)C1. The fourth-order valence-electron chi connectivity index (χ4n) is 9.60. The summed E-state index contributed by atoms with van der Waals surface area (Å²) >= 11 is 6.70. The predicted octanol–water partition coefficient (Wildman–Crippen LogP) is 7.98. The largest absolute Gasteiger partial charge is 0.393 e. The molecular weight excluding hydrogens is 490 g/mol. The summed E-state index contributed by atoms with van der Waals surface area (Å²) in [5.41, 5.74) is 5.53. The average Bonchev–Trinajstić information content (AvgIpc) is 3.51. The Morgan fingerprint density at radius 1 is 0.947 bits per heavy atom. The Labute approximate surface area is 232 Å². The van der Waals surface area contributed by atoms with Crippen LogP contribution in [0.4, 0.5) is 5.69 Å². The van der Waals surface area contributed by atoms with Crippen molar-refractivity contribution in [3.63, 3.8) is 0 Å². The van der Waals surface area contributed by atoms with E-state index in [2.05, 4.69) is 43.1 Å². The standard InChI is InChI=1S/C33H40ClN3O/c1-32-16-14-22(38)19-21(32)10-11-23-24-12-13-26(33(24,2)17-15-25(23)32)29-20-31(28-8-5-6-18-35-28)37(36-29)30-9-4-3-7-27(30)34/h3-10,18,22-26,31,38H,11-17,19-20H2,1-2H3/t22-,23-,24-,25-,26+,31?,32-,33-/m0/s1. The van der Waals surface area contributed by atoms with Crippen LogP contribution in [0.1, 0.15) is 83.4 Å². The molecule has 3 fully saturated rings. The van der Waals surface area contributed by atoms with Gasteiger partial charge < -0.3 is 5.11 Å². The van der Waals surface area contributed by atoms with Gasteiger partial charge in [0, 0.05) is 24.2 Å². The summed E-state index contributed by atoms with van der Waals surface area (Å²) < 4.78 is 0. The number of hydrogen-bond donors (Lipinski definition) is 1. The molecule has 1 aromatic carbocycles. The van der Waals surface area contributed by atoms with Gasteiger partial charge in [-0.2, -0.15) is 5.10 Å². The van der Waals surface area contributed by atoms with E-state index in [1.807, 2.05) is 30.5 Å². The number of hydrazone groups is 1.